The van der Waals surface area contributed by atoms with Crippen LogP contribution in [0, 0.1) is 5.92 Å². The van der Waals surface area contributed by atoms with Crippen molar-refractivity contribution in [3.8, 4) is 0 Å². The molecule has 0 saturated heterocycles. The highest BCUT2D eigenvalue weighted by Gasteiger charge is 2.29. The highest BCUT2D eigenvalue weighted by atomic mass is 16.6. The van der Waals surface area contributed by atoms with E-state index in [9.17, 15) is 14.7 Å². The van der Waals surface area contributed by atoms with Crippen molar-refractivity contribution >= 4 is 12.1 Å². The first-order valence-electron chi connectivity index (χ1n) is 6.98. The number of carbonyl (C=O) groups is 2. The van der Waals surface area contributed by atoms with Crippen molar-refractivity contribution in [2.75, 3.05) is 13.2 Å². The zero-order valence-electron chi connectivity index (χ0n) is 13.1. The largest absolute Gasteiger partial charge is 0.464 e. The smallest absolute Gasteiger partial charge is 0.408 e. The van der Waals surface area contributed by atoms with Gasteiger partial charge in [-0.15, -0.1) is 0 Å². The van der Waals surface area contributed by atoms with Crippen LogP contribution in [-0.4, -0.2) is 42.0 Å². The molecule has 0 heterocycles. The molecule has 0 aromatic rings. The molecule has 118 valence electrons. The number of hydrogen-bond acceptors (Lipinski definition) is 5. The SMILES string of the molecule is CCCCOC(=O)[C@@H](NC(=O)OC(C)(C)C)[C@H](C)CO. The highest BCUT2D eigenvalue weighted by molar-refractivity contribution is 5.81. The third-order valence-corrected chi connectivity index (χ3v) is 2.53. The Morgan fingerprint density at radius 1 is 1.30 bits per heavy atom. The van der Waals surface area contributed by atoms with Gasteiger partial charge in [0.05, 0.1) is 6.61 Å². The Kier molecular flexibility index (Phi) is 8.22. The Balaban J connectivity index is 4.56. The summed E-state index contributed by atoms with van der Waals surface area (Å²) in [6.07, 6.45) is 0.973. The summed E-state index contributed by atoms with van der Waals surface area (Å²) in [4.78, 5) is 23.6. The Morgan fingerprint density at radius 3 is 2.35 bits per heavy atom. The average Bonchev–Trinajstić information content (AvgIpc) is 2.33. The first-order valence-corrected chi connectivity index (χ1v) is 6.98. The van der Waals surface area contributed by atoms with Crippen LogP contribution in [0.2, 0.25) is 0 Å². The van der Waals surface area contributed by atoms with Crippen LogP contribution in [0.5, 0.6) is 0 Å². The number of esters is 1. The monoisotopic (exact) mass is 289 g/mol. The Morgan fingerprint density at radius 2 is 1.90 bits per heavy atom. The second-order valence-corrected chi connectivity index (χ2v) is 5.80. The van der Waals surface area contributed by atoms with Crippen LogP contribution in [0.1, 0.15) is 47.5 Å². The molecule has 0 spiro atoms. The Labute approximate surface area is 120 Å². The summed E-state index contributed by atoms with van der Waals surface area (Å²) in [5.74, 6) is -0.998. The van der Waals surface area contributed by atoms with E-state index in [4.69, 9.17) is 9.47 Å². The first kappa shape index (κ1) is 18.7. The van der Waals surface area contributed by atoms with Gasteiger partial charge in [0.25, 0.3) is 0 Å². The van der Waals surface area contributed by atoms with Crippen molar-refractivity contribution in [3.05, 3.63) is 0 Å². The molecule has 0 aliphatic carbocycles. The molecule has 0 fully saturated rings. The Hall–Kier alpha value is -1.30. The minimum absolute atomic E-state index is 0.233. The molecule has 2 atom stereocenters. The second kappa shape index (κ2) is 8.79. The normalized spacial score (nSPS) is 14.3. The maximum absolute atomic E-state index is 11.9. The molecule has 6 heteroatoms. The van der Waals surface area contributed by atoms with Crippen molar-refractivity contribution < 1.29 is 24.2 Å². The summed E-state index contributed by atoms with van der Waals surface area (Å²) in [5, 5.41) is 11.6. The van der Waals surface area contributed by atoms with Crippen molar-refractivity contribution in [2.45, 2.75) is 59.1 Å². The fourth-order valence-electron chi connectivity index (χ4n) is 1.38. The van der Waals surface area contributed by atoms with Gasteiger partial charge >= 0.3 is 12.1 Å². The number of ether oxygens (including phenoxy) is 2. The van der Waals surface area contributed by atoms with Crippen molar-refractivity contribution in [1.82, 2.24) is 5.32 Å². The lowest BCUT2D eigenvalue weighted by Crippen LogP contribution is -2.48. The third kappa shape index (κ3) is 7.99. The molecule has 0 saturated carbocycles. The van der Waals surface area contributed by atoms with Crippen molar-refractivity contribution in [2.24, 2.45) is 5.92 Å². The van der Waals surface area contributed by atoms with Crippen LogP contribution in [-0.2, 0) is 14.3 Å². The van der Waals surface area contributed by atoms with Gasteiger partial charge in [0.1, 0.15) is 11.6 Å². The molecule has 0 radical (unpaired) electrons. The number of amides is 1. The summed E-state index contributed by atoms with van der Waals surface area (Å²) in [6.45, 7) is 8.91. The van der Waals surface area contributed by atoms with Gasteiger partial charge in [-0.2, -0.15) is 0 Å². The minimum atomic E-state index is -0.910. The second-order valence-electron chi connectivity index (χ2n) is 5.80. The molecule has 1 amide bonds. The van der Waals surface area contributed by atoms with E-state index in [1.54, 1.807) is 27.7 Å². The number of carbonyl (C=O) groups excluding carboxylic acids is 2. The standard InChI is InChI=1S/C14H27NO5/c1-6-7-8-19-12(17)11(10(2)9-16)15-13(18)20-14(3,4)5/h10-11,16H,6-9H2,1-5H3,(H,15,18)/t10-,11+/m1/s1. The summed E-state index contributed by atoms with van der Waals surface area (Å²) >= 11 is 0. The van der Waals surface area contributed by atoms with Gasteiger partial charge in [0, 0.05) is 12.5 Å². The molecule has 20 heavy (non-hydrogen) atoms. The van der Waals surface area contributed by atoms with Crippen LogP contribution < -0.4 is 5.32 Å². The van der Waals surface area contributed by atoms with E-state index >= 15 is 0 Å². The number of aliphatic hydroxyl groups excluding tert-OH is 1. The third-order valence-electron chi connectivity index (χ3n) is 2.53. The van der Waals surface area contributed by atoms with Crippen molar-refractivity contribution in [1.29, 1.82) is 0 Å². The van der Waals surface area contributed by atoms with Gasteiger partial charge in [-0.25, -0.2) is 9.59 Å². The molecule has 2 N–H and O–H groups in total. The van der Waals surface area contributed by atoms with Gasteiger partial charge in [0.2, 0.25) is 0 Å². The fourth-order valence-corrected chi connectivity index (χ4v) is 1.38. The van der Waals surface area contributed by atoms with E-state index in [1.807, 2.05) is 6.92 Å². The Bertz CT molecular complexity index is 311. The molecule has 0 unspecified atom stereocenters. The molecule has 0 aromatic carbocycles. The first-order chi connectivity index (χ1) is 9.21. The zero-order valence-corrected chi connectivity index (χ0v) is 13.1. The zero-order chi connectivity index (χ0) is 15.8. The number of hydrogen-bond donors (Lipinski definition) is 2. The number of alkyl carbamates (subject to hydrolysis) is 1. The summed E-state index contributed by atoms with van der Waals surface area (Å²) in [6, 6.07) is -0.910. The van der Waals surface area contributed by atoms with E-state index in [0.29, 0.717) is 6.61 Å². The average molecular weight is 289 g/mol. The topological polar surface area (TPSA) is 84.9 Å². The summed E-state index contributed by atoms with van der Waals surface area (Å²) in [5.41, 5.74) is -0.650. The van der Waals surface area contributed by atoms with E-state index < -0.39 is 29.6 Å². The predicted octanol–water partition coefficient (Wildman–Crippen LogP) is 1.85. The predicted molar refractivity (Wildman–Crippen MR) is 75.3 cm³/mol. The van der Waals surface area contributed by atoms with Crippen LogP contribution in [0.3, 0.4) is 0 Å². The van der Waals surface area contributed by atoms with E-state index in [0.717, 1.165) is 12.8 Å². The molecule has 0 aliphatic rings. The van der Waals surface area contributed by atoms with Crippen LogP contribution in [0.4, 0.5) is 4.79 Å². The molecule has 0 rings (SSSR count). The molecule has 0 bridgehead atoms. The lowest BCUT2D eigenvalue weighted by molar-refractivity contribution is -0.148. The van der Waals surface area contributed by atoms with Crippen molar-refractivity contribution in [3.63, 3.8) is 0 Å². The van der Waals surface area contributed by atoms with Gasteiger partial charge < -0.3 is 19.9 Å². The van der Waals surface area contributed by atoms with E-state index in [-0.39, 0.29) is 6.61 Å². The summed E-state index contributed by atoms with van der Waals surface area (Å²) in [7, 11) is 0. The molecular formula is C14H27NO5. The van der Waals surface area contributed by atoms with Gasteiger partial charge in [-0.3, -0.25) is 0 Å². The minimum Gasteiger partial charge on any atom is -0.464 e. The number of rotatable bonds is 7. The van der Waals surface area contributed by atoms with E-state index in [2.05, 4.69) is 5.32 Å². The highest BCUT2D eigenvalue weighted by Crippen LogP contribution is 2.10. The maximum atomic E-state index is 11.9. The van der Waals surface area contributed by atoms with Crippen LogP contribution in [0.25, 0.3) is 0 Å². The van der Waals surface area contributed by atoms with Gasteiger partial charge in [-0.1, -0.05) is 20.3 Å². The molecule has 0 aromatic heterocycles. The van der Waals surface area contributed by atoms with Gasteiger partial charge in [-0.05, 0) is 27.2 Å². The molecule has 0 aliphatic heterocycles. The van der Waals surface area contributed by atoms with Crippen LogP contribution >= 0.6 is 0 Å². The number of aliphatic hydroxyl groups is 1. The van der Waals surface area contributed by atoms with Crippen LogP contribution in [0.15, 0.2) is 0 Å². The number of unbranched alkanes of at least 4 members (excludes halogenated alkanes) is 1. The summed E-state index contributed by atoms with van der Waals surface area (Å²) < 4.78 is 10.2. The molecule has 6 nitrogen and oxygen atoms in total. The lowest BCUT2D eigenvalue weighted by atomic mass is 10.0. The fraction of sp³-hybridized carbons (Fsp3) is 0.857. The maximum Gasteiger partial charge on any atom is 0.408 e. The lowest BCUT2D eigenvalue weighted by Gasteiger charge is -2.25. The number of nitrogens with one attached hydrogen (secondary N) is 1. The van der Waals surface area contributed by atoms with E-state index in [1.165, 1.54) is 0 Å². The quantitative estimate of drug-likeness (QED) is 0.552. The molecular weight excluding hydrogens is 262 g/mol. The van der Waals surface area contributed by atoms with Gasteiger partial charge in [0.15, 0.2) is 0 Å².